The normalized spacial score (nSPS) is 14.9. The number of aryl methyl sites for hydroxylation is 2. The van der Waals surface area contributed by atoms with Crippen LogP contribution < -0.4 is 14.4 Å². The quantitative estimate of drug-likeness (QED) is 0.0655. The highest BCUT2D eigenvalue weighted by Gasteiger charge is 2.47. The summed E-state index contributed by atoms with van der Waals surface area (Å²) in [7, 11) is 1.54. The molecule has 1 atom stereocenters. The van der Waals surface area contributed by atoms with Gasteiger partial charge in [-0.05, 0) is 55.7 Å². The highest BCUT2D eigenvalue weighted by atomic mass is 35.5. The molecule has 9 nitrogen and oxygen atoms in total. The highest BCUT2D eigenvalue weighted by molar-refractivity contribution is 8.00. The lowest BCUT2D eigenvalue weighted by Gasteiger charge is -2.25. The zero-order valence-electron chi connectivity index (χ0n) is 24.6. The maximum atomic E-state index is 14.0. The summed E-state index contributed by atoms with van der Waals surface area (Å²) in [6.45, 7) is 6.20. The Balaban J connectivity index is 1.51. The zero-order valence-corrected chi connectivity index (χ0v) is 27.8. The number of anilines is 1. The number of carbonyl (C=O) groups excluding carboxylic acids is 2. The van der Waals surface area contributed by atoms with Crippen molar-refractivity contribution in [1.29, 1.82) is 0 Å². The number of aliphatic hydroxyl groups is 1. The number of rotatable bonds is 13. The van der Waals surface area contributed by atoms with Crippen molar-refractivity contribution in [1.82, 2.24) is 15.2 Å². The molecular formula is C31H31ClN4O5S3. The molecule has 1 aliphatic heterocycles. The Kier molecular flexibility index (Phi) is 10.2. The first kappa shape index (κ1) is 32.0. The van der Waals surface area contributed by atoms with Crippen molar-refractivity contribution < 1.29 is 24.2 Å². The summed E-state index contributed by atoms with van der Waals surface area (Å²) in [5.41, 5.74) is 2.09. The van der Waals surface area contributed by atoms with Crippen LogP contribution in [0.2, 0.25) is 5.02 Å². The summed E-state index contributed by atoms with van der Waals surface area (Å²) in [6, 6.07) is 11.8. The number of ketones is 1. The molecule has 1 amide bonds. The van der Waals surface area contributed by atoms with Gasteiger partial charge in [0.1, 0.15) is 0 Å². The molecule has 0 aliphatic carbocycles. The van der Waals surface area contributed by atoms with Crippen molar-refractivity contribution in [3.8, 4) is 11.5 Å². The molecule has 2 aromatic heterocycles. The fraction of sp³-hybridized carbons (Fsp3) is 0.323. The van der Waals surface area contributed by atoms with Gasteiger partial charge in [-0.25, -0.2) is 4.98 Å². The predicted molar refractivity (Wildman–Crippen MR) is 175 cm³/mol. The number of nitrogens with zero attached hydrogens (tertiary/aromatic N) is 4. The molecule has 230 valence electrons. The number of hydrogen-bond acceptors (Lipinski definition) is 11. The average molecular weight is 671 g/mol. The Morgan fingerprint density at radius 2 is 1.86 bits per heavy atom. The van der Waals surface area contributed by atoms with Gasteiger partial charge in [-0.1, -0.05) is 72.7 Å². The summed E-state index contributed by atoms with van der Waals surface area (Å²) >= 11 is 9.90. The number of benzene rings is 2. The van der Waals surface area contributed by atoms with E-state index in [2.05, 4.69) is 22.1 Å². The molecule has 5 rings (SSSR count). The number of ether oxygens (including phenoxy) is 2. The van der Waals surface area contributed by atoms with Gasteiger partial charge in [-0.2, -0.15) is 0 Å². The fourth-order valence-corrected chi connectivity index (χ4v) is 7.63. The third-order valence-corrected chi connectivity index (χ3v) is 10.4. The van der Waals surface area contributed by atoms with Gasteiger partial charge in [0.25, 0.3) is 5.91 Å². The van der Waals surface area contributed by atoms with Crippen molar-refractivity contribution in [3.05, 3.63) is 85.5 Å². The Bertz CT molecular complexity index is 1700. The third-order valence-electron chi connectivity index (χ3n) is 6.95. The molecule has 3 heterocycles. The van der Waals surface area contributed by atoms with Gasteiger partial charge in [0.15, 0.2) is 21.6 Å². The summed E-state index contributed by atoms with van der Waals surface area (Å²) in [5, 5.41) is 21.4. The fourth-order valence-electron chi connectivity index (χ4n) is 4.81. The van der Waals surface area contributed by atoms with E-state index in [1.165, 1.54) is 46.4 Å². The lowest BCUT2D eigenvalue weighted by Crippen LogP contribution is -2.31. The van der Waals surface area contributed by atoms with Crippen LogP contribution in [0.1, 0.15) is 63.7 Å². The standard InChI is InChI=1S/C31H31ClN4O5S3/c1-5-6-7-14-41-22-13-10-20(15-23(22)40-4)25-24(26(37)28-17(2)33-18(3)43-28)27(38)29(39)36(25)30-34-35-31(44-30)42-16-19-8-11-21(32)12-9-19/h8-13,15,25,38H,5-7,14,16H2,1-4H3. The summed E-state index contributed by atoms with van der Waals surface area (Å²) in [6.07, 6.45) is 3.03. The predicted octanol–water partition coefficient (Wildman–Crippen LogP) is 7.92. The van der Waals surface area contributed by atoms with E-state index in [1.807, 2.05) is 24.3 Å². The lowest BCUT2D eigenvalue weighted by atomic mass is 9.95. The topological polar surface area (TPSA) is 115 Å². The molecule has 0 radical (unpaired) electrons. The smallest absolute Gasteiger partial charge is 0.296 e. The van der Waals surface area contributed by atoms with E-state index in [1.54, 1.807) is 32.0 Å². The zero-order chi connectivity index (χ0) is 31.4. The molecule has 1 N–H and O–H groups in total. The van der Waals surface area contributed by atoms with Crippen molar-refractivity contribution in [2.24, 2.45) is 0 Å². The number of aliphatic hydroxyl groups excluding tert-OH is 1. The monoisotopic (exact) mass is 670 g/mol. The first-order chi connectivity index (χ1) is 21.2. The van der Waals surface area contributed by atoms with Crippen LogP contribution in [0, 0.1) is 13.8 Å². The number of unbranched alkanes of at least 4 members (excludes halogenated alkanes) is 2. The molecule has 1 unspecified atom stereocenters. The first-order valence-corrected chi connectivity index (χ1v) is 17.0. The van der Waals surface area contributed by atoms with E-state index >= 15 is 0 Å². The average Bonchev–Trinajstić information content (AvgIpc) is 3.70. The molecule has 2 aromatic carbocycles. The van der Waals surface area contributed by atoms with Crippen molar-refractivity contribution in [2.75, 3.05) is 18.6 Å². The van der Waals surface area contributed by atoms with E-state index < -0.39 is 23.5 Å². The highest BCUT2D eigenvalue weighted by Crippen LogP contribution is 2.46. The van der Waals surface area contributed by atoms with Crippen LogP contribution in [-0.4, -0.2) is 45.7 Å². The second-order valence-electron chi connectivity index (χ2n) is 10.0. The van der Waals surface area contributed by atoms with Crippen molar-refractivity contribution in [3.63, 3.8) is 0 Å². The van der Waals surface area contributed by atoms with E-state index in [9.17, 15) is 14.7 Å². The Labute approximate surface area is 272 Å². The van der Waals surface area contributed by atoms with E-state index in [0.29, 0.717) is 54.4 Å². The molecule has 0 fully saturated rings. The number of amides is 1. The Morgan fingerprint density at radius 3 is 2.55 bits per heavy atom. The van der Waals surface area contributed by atoms with Gasteiger partial charge in [-0.15, -0.1) is 21.5 Å². The minimum Gasteiger partial charge on any atom is -0.503 e. The second-order valence-corrected chi connectivity index (χ2v) is 13.9. The molecule has 1 aliphatic rings. The maximum absolute atomic E-state index is 14.0. The molecular weight excluding hydrogens is 640 g/mol. The second kappa shape index (κ2) is 14.1. The van der Waals surface area contributed by atoms with Crippen LogP contribution in [0.15, 0.2) is 58.1 Å². The van der Waals surface area contributed by atoms with E-state index in [4.69, 9.17) is 21.1 Å². The van der Waals surface area contributed by atoms with Crippen LogP contribution in [0.5, 0.6) is 11.5 Å². The summed E-state index contributed by atoms with van der Waals surface area (Å²) in [4.78, 5) is 33.7. The van der Waals surface area contributed by atoms with Gasteiger partial charge in [0.05, 0.1) is 40.9 Å². The number of carbonyl (C=O) groups is 2. The van der Waals surface area contributed by atoms with Gasteiger partial charge in [-0.3, -0.25) is 14.5 Å². The number of thiazole rings is 1. The molecule has 0 saturated heterocycles. The molecule has 4 aromatic rings. The van der Waals surface area contributed by atoms with E-state index in [-0.39, 0.29) is 10.7 Å². The minimum atomic E-state index is -0.984. The third kappa shape index (κ3) is 6.78. The maximum Gasteiger partial charge on any atom is 0.296 e. The van der Waals surface area contributed by atoms with Crippen LogP contribution in [0.4, 0.5) is 5.13 Å². The van der Waals surface area contributed by atoms with Gasteiger partial charge in [0, 0.05) is 10.8 Å². The number of thioether (sulfide) groups is 1. The minimum absolute atomic E-state index is 0.0500. The Morgan fingerprint density at radius 1 is 1.09 bits per heavy atom. The number of halogens is 1. The molecule has 0 spiro atoms. The van der Waals surface area contributed by atoms with Crippen LogP contribution in [0.25, 0.3) is 0 Å². The summed E-state index contributed by atoms with van der Waals surface area (Å²) in [5.74, 6) is -0.207. The molecule has 13 heteroatoms. The van der Waals surface area contributed by atoms with Crippen molar-refractivity contribution >= 4 is 62.9 Å². The molecule has 0 saturated carbocycles. The van der Waals surface area contributed by atoms with Crippen LogP contribution >= 0.6 is 46.0 Å². The number of methoxy groups -OCH3 is 1. The first-order valence-electron chi connectivity index (χ1n) is 14.0. The van der Waals surface area contributed by atoms with E-state index in [0.717, 1.165) is 24.8 Å². The van der Waals surface area contributed by atoms with Gasteiger partial charge in [0.2, 0.25) is 10.9 Å². The van der Waals surface area contributed by atoms with Crippen molar-refractivity contribution in [2.45, 2.75) is 56.2 Å². The largest absolute Gasteiger partial charge is 0.503 e. The van der Waals surface area contributed by atoms with Gasteiger partial charge >= 0.3 is 0 Å². The SMILES string of the molecule is CCCCCOc1ccc(C2C(C(=O)c3sc(C)nc3C)=C(O)C(=O)N2c2nnc(SCc3ccc(Cl)cc3)s2)cc1OC. The Hall–Kier alpha value is -3.45. The van der Waals surface area contributed by atoms with Crippen LogP contribution in [0.3, 0.4) is 0 Å². The number of Topliss-reactive ketones (excluding diaryl/α,β-unsaturated/α-hetero) is 1. The van der Waals surface area contributed by atoms with Gasteiger partial charge < -0.3 is 14.6 Å². The summed E-state index contributed by atoms with van der Waals surface area (Å²) < 4.78 is 12.2. The molecule has 0 bridgehead atoms. The number of hydrogen-bond donors (Lipinski definition) is 1. The number of aromatic nitrogens is 3. The lowest BCUT2D eigenvalue weighted by molar-refractivity contribution is -0.117. The van der Waals surface area contributed by atoms with Crippen LogP contribution in [-0.2, 0) is 10.5 Å². The molecule has 44 heavy (non-hydrogen) atoms.